The number of amides is 1. The van der Waals surface area contributed by atoms with Gasteiger partial charge in [-0.3, -0.25) is 19.4 Å². The number of nitrogens with two attached hydrogens (primary N) is 2. The number of nitrogens with zero attached hydrogens (tertiary/aromatic N) is 1. The van der Waals surface area contributed by atoms with E-state index in [9.17, 15) is 24.3 Å². The minimum atomic E-state index is -1.06. The van der Waals surface area contributed by atoms with Crippen LogP contribution in [0.1, 0.15) is 94.6 Å². The van der Waals surface area contributed by atoms with Crippen LogP contribution in [0.4, 0.5) is 11.8 Å². The monoisotopic (exact) mass is 573 g/mol. The first-order chi connectivity index (χ1) is 19.0. The molecule has 0 radical (unpaired) electrons. The number of hydrogen-bond donors (Lipinski definition) is 5. The molecule has 2 aromatic rings. The Morgan fingerprint density at radius 3 is 2.15 bits per heavy atom. The molecule has 1 aromatic heterocycles. The average molecular weight is 574 g/mol. The summed E-state index contributed by atoms with van der Waals surface area (Å²) < 4.78 is 10.8. The number of hydrogen-bond acceptors (Lipinski definition) is 10. The van der Waals surface area contributed by atoms with Crippen LogP contribution in [0.5, 0.6) is 0 Å². The van der Waals surface area contributed by atoms with Crippen molar-refractivity contribution in [1.29, 1.82) is 0 Å². The van der Waals surface area contributed by atoms with E-state index in [1.54, 1.807) is 65.8 Å². The van der Waals surface area contributed by atoms with Gasteiger partial charge in [0.15, 0.2) is 0 Å². The highest BCUT2D eigenvalue weighted by molar-refractivity contribution is 5.97. The van der Waals surface area contributed by atoms with Crippen molar-refractivity contribution in [2.24, 2.45) is 0 Å². The quantitative estimate of drug-likeness (QED) is 0.235. The number of benzene rings is 1. The predicted molar refractivity (Wildman–Crippen MR) is 155 cm³/mol. The molecule has 226 valence electrons. The van der Waals surface area contributed by atoms with E-state index in [1.165, 1.54) is 0 Å². The molecule has 0 aliphatic heterocycles. The first kappa shape index (κ1) is 33.3. The van der Waals surface area contributed by atoms with Crippen LogP contribution in [0, 0.1) is 0 Å². The van der Waals surface area contributed by atoms with Crippen LogP contribution < -0.4 is 22.3 Å². The molecule has 1 heterocycles. The van der Waals surface area contributed by atoms with Crippen LogP contribution in [-0.2, 0) is 25.5 Å². The van der Waals surface area contributed by atoms with Gasteiger partial charge in [-0.2, -0.15) is 4.98 Å². The van der Waals surface area contributed by atoms with Crippen molar-refractivity contribution in [3.63, 3.8) is 0 Å². The molecular weight excluding hydrogens is 530 g/mol. The number of aliphatic hydroxyl groups is 1. The lowest BCUT2D eigenvalue weighted by Crippen LogP contribution is -2.44. The number of nitrogen functional groups attached to an aromatic ring is 2. The average Bonchev–Trinajstić information content (AvgIpc) is 2.83. The summed E-state index contributed by atoms with van der Waals surface area (Å²) in [5.41, 5.74) is 10.9. The number of nitrogens with one attached hydrogen (secondary N) is 2. The molecule has 2 atom stereocenters. The number of rotatable bonds is 12. The summed E-state index contributed by atoms with van der Waals surface area (Å²) in [6, 6.07) is 5.59. The third-order valence-electron chi connectivity index (χ3n) is 5.96. The Hall–Kier alpha value is -3.93. The van der Waals surface area contributed by atoms with E-state index in [-0.39, 0.29) is 42.7 Å². The van der Waals surface area contributed by atoms with Crippen LogP contribution in [0.25, 0.3) is 0 Å². The van der Waals surface area contributed by atoms with E-state index in [1.807, 2.05) is 0 Å². The number of ether oxygens (including phenoxy) is 2. The number of anilines is 2. The molecule has 0 saturated heterocycles. The van der Waals surface area contributed by atoms with Crippen molar-refractivity contribution < 1.29 is 29.0 Å². The van der Waals surface area contributed by atoms with E-state index in [0.29, 0.717) is 30.4 Å². The molecule has 0 fully saturated rings. The lowest BCUT2D eigenvalue weighted by Gasteiger charge is -2.25. The third kappa shape index (κ3) is 11.2. The van der Waals surface area contributed by atoms with Crippen LogP contribution in [-0.4, -0.2) is 56.8 Å². The van der Waals surface area contributed by atoms with Gasteiger partial charge in [-0.15, -0.1) is 0 Å². The highest BCUT2D eigenvalue weighted by Crippen LogP contribution is 2.23. The molecule has 0 aliphatic carbocycles. The molecule has 1 unspecified atom stereocenters. The van der Waals surface area contributed by atoms with Gasteiger partial charge in [0, 0.05) is 24.5 Å². The molecule has 7 N–H and O–H groups in total. The van der Waals surface area contributed by atoms with Crippen molar-refractivity contribution in [1.82, 2.24) is 15.3 Å². The van der Waals surface area contributed by atoms with Gasteiger partial charge in [-0.05, 0) is 84.9 Å². The maximum absolute atomic E-state index is 13.0. The molecule has 0 spiro atoms. The van der Waals surface area contributed by atoms with Crippen molar-refractivity contribution >= 4 is 29.6 Å². The largest absolute Gasteiger partial charge is 0.460 e. The number of H-pyrrole nitrogens is 1. The molecule has 12 nitrogen and oxygen atoms in total. The Morgan fingerprint density at radius 1 is 1.00 bits per heavy atom. The molecule has 0 bridgehead atoms. The zero-order valence-electron chi connectivity index (χ0n) is 24.7. The first-order valence-corrected chi connectivity index (χ1v) is 13.6. The fraction of sp³-hybridized carbons (Fsp3) is 0.552. The third-order valence-corrected chi connectivity index (χ3v) is 5.96. The highest BCUT2D eigenvalue weighted by Gasteiger charge is 2.28. The Labute approximate surface area is 240 Å². The van der Waals surface area contributed by atoms with E-state index in [4.69, 9.17) is 20.9 Å². The van der Waals surface area contributed by atoms with Crippen LogP contribution in [0.2, 0.25) is 0 Å². The second-order valence-electron chi connectivity index (χ2n) is 11.9. The van der Waals surface area contributed by atoms with Crippen LogP contribution in [0.3, 0.4) is 0 Å². The molecule has 41 heavy (non-hydrogen) atoms. The smallest absolute Gasteiger partial charge is 0.329 e. The van der Waals surface area contributed by atoms with Crippen molar-refractivity contribution in [3.05, 3.63) is 51.3 Å². The van der Waals surface area contributed by atoms with Crippen LogP contribution in [0.15, 0.2) is 29.1 Å². The van der Waals surface area contributed by atoms with E-state index in [0.717, 1.165) is 5.56 Å². The van der Waals surface area contributed by atoms with Gasteiger partial charge in [0.1, 0.15) is 23.1 Å². The van der Waals surface area contributed by atoms with Gasteiger partial charge in [-0.1, -0.05) is 12.1 Å². The van der Waals surface area contributed by atoms with Crippen molar-refractivity contribution in [3.8, 4) is 0 Å². The summed E-state index contributed by atoms with van der Waals surface area (Å²) >= 11 is 0. The maximum atomic E-state index is 13.0. The number of aliphatic hydroxyl groups excluding tert-OH is 1. The number of esters is 2. The summed E-state index contributed by atoms with van der Waals surface area (Å²) in [4.78, 5) is 56.5. The van der Waals surface area contributed by atoms with E-state index in [2.05, 4.69) is 15.3 Å². The number of aromatic nitrogens is 2. The fourth-order valence-corrected chi connectivity index (χ4v) is 4.09. The van der Waals surface area contributed by atoms with Gasteiger partial charge in [0.25, 0.3) is 11.5 Å². The predicted octanol–water partition coefficient (Wildman–Crippen LogP) is 2.60. The Morgan fingerprint density at radius 2 is 1.61 bits per heavy atom. The minimum absolute atomic E-state index is 0.0110. The van der Waals surface area contributed by atoms with Gasteiger partial charge >= 0.3 is 11.9 Å². The SMILES string of the molecule is CC(C)(C)OC(=O)CC[C@H](NC(=O)c1ccc(C(CO)CCCc2c(N)nc(N)[nH]c2=O)cc1)C(=O)OC(C)(C)C. The van der Waals surface area contributed by atoms with Gasteiger partial charge < -0.3 is 31.4 Å². The number of carbonyl (C=O) groups excluding carboxylic acids is 3. The molecule has 0 saturated carbocycles. The topological polar surface area (TPSA) is 200 Å². The van der Waals surface area contributed by atoms with Gasteiger partial charge in [0.05, 0.1) is 5.56 Å². The zero-order chi connectivity index (χ0) is 31.0. The molecule has 1 aromatic carbocycles. The highest BCUT2D eigenvalue weighted by atomic mass is 16.6. The second-order valence-corrected chi connectivity index (χ2v) is 11.9. The maximum Gasteiger partial charge on any atom is 0.329 e. The summed E-state index contributed by atoms with van der Waals surface area (Å²) in [6.45, 7) is 10.3. The molecular formula is C29H43N5O7. The fourth-order valence-electron chi connectivity index (χ4n) is 4.09. The van der Waals surface area contributed by atoms with Crippen molar-refractivity contribution in [2.45, 2.75) is 96.8 Å². The Kier molecular flexibility index (Phi) is 11.5. The van der Waals surface area contributed by atoms with Gasteiger partial charge in [-0.25, -0.2) is 4.79 Å². The lowest BCUT2D eigenvalue weighted by atomic mass is 9.92. The standard InChI is InChI=1S/C29H43N5O7/c1-28(2,3)40-22(36)15-14-21(26(39)41-29(4,5)6)32-24(37)18-12-10-17(11-13-18)19(16-35)8-7-9-20-23(30)33-27(31)34-25(20)38/h10-13,19,21,35H,7-9,14-16H2,1-6H3,(H,32,37)(H5,30,31,33,34,38)/t19?,21-/m0/s1. The first-order valence-electron chi connectivity index (χ1n) is 13.6. The summed E-state index contributed by atoms with van der Waals surface area (Å²) in [6.07, 6.45) is 1.40. The zero-order valence-corrected chi connectivity index (χ0v) is 24.7. The Balaban J connectivity index is 2.06. The van der Waals surface area contributed by atoms with E-state index >= 15 is 0 Å². The van der Waals surface area contributed by atoms with Crippen LogP contribution >= 0.6 is 0 Å². The number of carbonyl (C=O) groups is 3. The second kappa shape index (κ2) is 14.1. The molecule has 0 aliphatic rings. The molecule has 1 amide bonds. The Bertz CT molecular complexity index is 1260. The number of aromatic amines is 1. The lowest BCUT2D eigenvalue weighted by molar-refractivity contribution is -0.158. The summed E-state index contributed by atoms with van der Waals surface area (Å²) in [5, 5.41) is 12.6. The summed E-state index contributed by atoms with van der Waals surface area (Å²) in [7, 11) is 0. The minimum Gasteiger partial charge on any atom is -0.460 e. The molecule has 12 heteroatoms. The molecule has 2 rings (SSSR count). The van der Waals surface area contributed by atoms with E-state index < -0.39 is 35.1 Å². The normalized spacial score (nSPS) is 13.2. The van der Waals surface area contributed by atoms with Crippen molar-refractivity contribution in [2.75, 3.05) is 18.1 Å². The van der Waals surface area contributed by atoms with Gasteiger partial charge in [0.2, 0.25) is 5.95 Å². The summed E-state index contributed by atoms with van der Waals surface area (Å²) in [5.74, 6) is -1.85.